The Bertz CT molecular complexity index is 398. The molecule has 0 bridgehead atoms. The summed E-state index contributed by atoms with van der Waals surface area (Å²) in [6.45, 7) is 4.34. The van der Waals surface area contributed by atoms with Gasteiger partial charge in [0.2, 0.25) is 0 Å². The van der Waals surface area contributed by atoms with Crippen molar-refractivity contribution < 1.29 is 9.90 Å². The number of nitrogens with one attached hydrogen (secondary N) is 2. The standard InChI is InChI=1S/C17H30N2O2/c1-5-7-8-9-13(6-2)15-12-17(18-3,19-4)11-10-14(15)16(20)21/h10-14,18-19H,5-9H2,1-4H3,(H,20,21). The quantitative estimate of drug-likeness (QED) is 0.348. The Kier molecular flexibility index (Phi) is 7.12. The van der Waals surface area contributed by atoms with Gasteiger partial charge in [0.25, 0.3) is 0 Å². The average Bonchev–Trinajstić information content (AvgIpc) is 2.51. The van der Waals surface area contributed by atoms with Gasteiger partial charge >= 0.3 is 5.97 Å². The number of likely N-dealkylation sites (N-methyl/N-ethyl adjacent to an activating group) is 2. The van der Waals surface area contributed by atoms with Gasteiger partial charge in [0, 0.05) is 0 Å². The van der Waals surface area contributed by atoms with E-state index in [0.29, 0.717) is 5.92 Å². The minimum atomic E-state index is -0.757. The van der Waals surface area contributed by atoms with Gasteiger partial charge in [0.15, 0.2) is 0 Å². The molecular weight excluding hydrogens is 264 g/mol. The highest BCUT2D eigenvalue weighted by Gasteiger charge is 2.33. The number of unbranched alkanes of at least 4 members (excludes halogenated alkanes) is 2. The third-order valence-electron chi connectivity index (χ3n) is 4.52. The summed E-state index contributed by atoms with van der Waals surface area (Å²) in [7, 11) is 3.77. The first-order valence-electron chi connectivity index (χ1n) is 8.06. The second-order valence-corrected chi connectivity index (χ2v) is 5.79. The smallest absolute Gasteiger partial charge is 0.314 e. The van der Waals surface area contributed by atoms with Crippen molar-refractivity contribution in [3.05, 3.63) is 23.8 Å². The van der Waals surface area contributed by atoms with Crippen molar-refractivity contribution in [3.63, 3.8) is 0 Å². The SMILES string of the molecule is CCCCCC(CC)C1=CC(NC)(NC)C=CC1C(=O)O. The molecule has 0 aromatic heterocycles. The zero-order valence-corrected chi connectivity index (χ0v) is 13.8. The summed E-state index contributed by atoms with van der Waals surface area (Å²) in [5.41, 5.74) is 0.603. The lowest BCUT2D eigenvalue weighted by molar-refractivity contribution is -0.139. The molecule has 4 nitrogen and oxygen atoms in total. The molecule has 0 fully saturated rings. The first kappa shape index (κ1) is 17.9. The van der Waals surface area contributed by atoms with Crippen molar-refractivity contribution in [1.82, 2.24) is 10.6 Å². The Morgan fingerprint density at radius 1 is 1.33 bits per heavy atom. The molecule has 120 valence electrons. The molecule has 1 rings (SSSR count). The molecule has 3 N–H and O–H groups in total. The van der Waals surface area contributed by atoms with E-state index in [4.69, 9.17) is 0 Å². The van der Waals surface area contributed by atoms with Gasteiger partial charge < -0.3 is 5.11 Å². The van der Waals surface area contributed by atoms with E-state index in [1.54, 1.807) is 0 Å². The molecule has 0 saturated carbocycles. The minimum absolute atomic E-state index is 0.337. The van der Waals surface area contributed by atoms with Crippen LogP contribution >= 0.6 is 0 Å². The number of carboxylic acid groups (broad SMARTS) is 1. The van der Waals surface area contributed by atoms with Gasteiger partial charge in [-0.25, -0.2) is 0 Å². The lowest BCUT2D eigenvalue weighted by Crippen LogP contribution is -2.52. The second-order valence-electron chi connectivity index (χ2n) is 5.79. The molecule has 0 spiro atoms. The van der Waals surface area contributed by atoms with E-state index < -0.39 is 17.6 Å². The van der Waals surface area contributed by atoms with Gasteiger partial charge in [0.1, 0.15) is 5.66 Å². The summed E-state index contributed by atoms with van der Waals surface area (Å²) >= 11 is 0. The fourth-order valence-corrected chi connectivity index (χ4v) is 3.04. The van der Waals surface area contributed by atoms with E-state index in [1.807, 2.05) is 26.2 Å². The van der Waals surface area contributed by atoms with Gasteiger partial charge in [-0.2, -0.15) is 0 Å². The van der Waals surface area contributed by atoms with Gasteiger partial charge in [0.05, 0.1) is 5.92 Å². The molecule has 21 heavy (non-hydrogen) atoms. The Hall–Kier alpha value is -1.13. The summed E-state index contributed by atoms with van der Waals surface area (Å²) in [6, 6.07) is 0. The van der Waals surface area contributed by atoms with Gasteiger partial charge in [-0.3, -0.25) is 15.4 Å². The number of hydrogen-bond acceptors (Lipinski definition) is 3. The highest BCUT2D eigenvalue weighted by molar-refractivity contribution is 5.77. The van der Waals surface area contributed by atoms with Crippen LogP contribution in [0, 0.1) is 11.8 Å². The Morgan fingerprint density at radius 2 is 2.00 bits per heavy atom. The van der Waals surface area contributed by atoms with Crippen LogP contribution in [0.25, 0.3) is 0 Å². The van der Waals surface area contributed by atoms with Gasteiger partial charge in [-0.1, -0.05) is 39.2 Å². The summed E-state index contributed by atoms with van der Waals surface area (Å²) in [6.07, 6.45) is 11.4. The van der Waals surface area contributed by atoms with Crippen LogP contribution in [0.15, 0.2) is 23.8 Å². The van der Waals surface area contributed by atoms with Crippen molar-refractivity contribution in [1.29, 1.82) is 0 Å². The Morgan fingerprint density at radius 3 is 2.48 bits per heavy atom. The topological polar surface area (TPSA) is 61.4 Å². The van der Waals surface area contributed by atoms with Gasteiger partial charge in [-0.05, 0) is 50.6 Å². The normalized spacial score (nSPS) is 21.9. The fourth-order valence-electron chi connectivity index (χ4n) is 3.04. The maximum absolute atomic E-state index is 11.6. The average molecular weight is 294 g/mol. The van der Waals surface area contributed by atoms with E-state index in [9.17, 15) is 9.90 Å². The molecule has 4 heteroatoms. The largest absolute Gasteiger partial charge is 0.481 e. The summed E-state index contributed by atoms with van der Waals surface area (Å²) in [5, 5.41) is 16.0. The maximum Gasteiger partial charge on any atom is 0.314 e. The first-order chi connectivity index (χ1) is 10.0. The van der Waals surface area contributed by atoms with E-state index in [0.717, 1.165) is 24.8 Å². The van der Waals surface area contributed by atoms with Crippen molar-refractivity contribution in [2.75, 3.05) is 14.1 Å². The predicted octanol–water partition coefficient (Wildman–Crippen LogP) is 2.93. The number of aliphatic carboxylic acids is 1. The molecule has 1 aliphatic rings. The lowest BCUT2D eigenvalue weighted by atomic mass is 9.78. The number of rotatable bonds is 9. The number of carbonyl (C=O) groups is 1. The monoisotopic (exact) mass is 294 g/mol. The molecule has 0 aromatic carbocycles. The summed E-state index contributed by atoms with van der Waals surface area (Å²) in [4.78, 5) is 11.6. The molecule has 0 radical (unpaired) electrons. The van der Waals surface area contributed by atoms with Crippen LogP contribution in [0.3, 0.4) is 0 Å². The zero-order chi connectivity index (χ0) is 15.9. The molecule has 0 aliphatic heterocycles. The fraction of sp³-hybridized carbons (Fsp3) is 0.706. The molecule has 0 aromatic rings. The van der Waals surface area contributed by atoms with Crippen molar-refractivity contribution >= 4 is 5.97 Å². The van der Waals surface area contributed by atoms with Crippen LogP contribution in [-0.2, 0) is 4.79 Å². The highest BCUT2D eigenvalue weighted by atomic mass is 16.4. The molecule has 0 amide bonds. The Balaban J connectivity index is 3.03. The van der Waals surface area contributed by atoms with Crippen LogP contribution < -0.4 is 10.6 Å². The zero-order valence-electron chi connectivity index (χ0n) is 13.8. The first-order valence-corrected chi connectivity index (χ1v) is 8.06. The van der Waals surface area contributed by atoms with E-state index in [1.165, 1.54) is 12.8 Å². The van der Waals surface area contributed by atoms with Crippen molar-refractivity contribution in [2.24, 2.45) is 11.8 Å². The van der Waals surface area contributed by atoms with Crippen LogP contribution in [0.5, 0.6) is 0 Å². The predicted molar refractivity (Wildman–Crippen MR) is 87.1 cm³/mol. The molecule has 1 aliphatic carbocycles. The third kappa shape index (κ3) is 4.42. The molecule has 2 atom stereocenters. The molecule has 0 heterocycles. The van der Waals surface area contributed by atoms with Crippen LogP contribution in [0.4, 0.5) is 0 Å². The van der Waals surface area contributed by atoms with Crippen LogP contribution in [0.2, 0.25) is 0 Å². The van der Waals surface area contributed by atoms with E-state index in [2.05, 4.69) is 30.6 Å². The number of hydrogen-bond donors (Lipinski definition) is 3. The van der Waals surface area contributed by atoms with Crippen molar-refractivity contribution in [2.45, 2.75) is 51.6 Å². The van der Waals surface area contributed by atoms with E-state index >= 15 is 0 Å². The van der Waals surface area contributed by atoms with E-state index in [-0.39, 0.29) is 0 Å². The van der Waals surface area contributed by atoms with Gasteiger partial charge in [-0.15, -0.1) is 0 Å². The van der Waals surface area contributed by atoms with Crippen molar-refractivity contribution in [3.8, 4) is 0 Å². The minimum Gasteiger partial charge on any atom is -0.481 e. The highest BCUT2D eigenvalue weighted by Crippen LogP contribution is 2.34. The molecule has 2 unspecified atom stereocenters. The summed E-state index contributed by atoms with van der Waals surface area (Å²) in [5.74, 6) is -0.915. The maximum atomic E-state index is 11.6. The summed E-state index contributed by atoms with van der Waals surface area (Å²) < 4.78 is 0. The van der Waals surface area contributed by atoms with Crippen LogP contribution in [0.1, 0.15) is 46.0 Å². The third-order valence-corrected chi connectivity index (χ3v) is 4.52. The molecular formula is C17H30N2O2. The lowest BCUT2D eigenvalue weighted by Gasteiger charge is -2.35. The second kappa shape index (κ2) is 8.35. The van der Waals surface area contributed by atoms with Crippen LogP contribution in [-0.4, -0.2) is 30.8 Å². The number of carboxylic acids is 1. The molecule has 0 saturated heterocycles. The Labute approximate surface area is 128 Å².